The zero-order valence-corrected chi connectivity index (χ0v) is 8.22. The third-order valence-electron chi connectivity index (χ3n) is 2.12. The fourth-order valence-corrected chi connectivity index (χ4v) is 1.40. The first-order valence-corrected chi connectivity index (χ1v) is 4.59. The van der Waals surface area contributed by atoms with Gasteiger partial charge in [0.15, 0.2) is 0 Å². The number of hydrogen-bond acceptors (Lipinski definition) is 3. The Morgan fingerprint density at radius 3 is 2.62 bits per heavy atom. The Morgan fingerprint density at radius 1 is 1.19 bits per heavy atom. The molecule has 0 radical (unpaired) electrons. The minimum absolute atomic E-state index is 0.307. The van der Waals surface area contributed by atoms with Crippen LogP contribution in [-0.4, -0.2) is 11.1 Å². The number of halogens is 1. The zero-order chi connectivity index (χ0) is 11.4. The van der Waals surface area contributed by atoms with Crippen molar-refractivity contribution in [3.05, 3.63) is 48.5 Å². The van der Waals surface area contributed by atoms with Crippen molar-refractivity contribution in [2.24, 2.45) is 4.99 Å². The number of aromatic nitrogens is 1. The van der Waals surface area contributed by atoms with Crippen LogP contribution in [-0.2, 0) is 4.79 Å². The van der Waals surface area contributed by atoms with Gasteiger partial charge in [0.1, 0.15) is 11.5 Å². The molecule has 2 aromatic rings. The molecule has 1 heterocycles. The van der Waals surface area contributed by atoms with Crippen molar-refractivity contribution in [1.29, 1.82) is 0 Å². The zero-order valence-electron chi connectivity index (χ0n) is 8.22. The molecule has 0 aliphatic rings. The maximum atomic E-state index is 12.8. The molecule has 0 unspecified atom stereocenters. The van der Waals surface area contributed by atoms with Gasteiger partial charge in [0.05, 0.1) is 6.20 Å². The second-order valence-corrected chi connectivity index (χ2v) is 3.10. The van der Waals surface area contributed by atoms with Crippen molar-refractivity contribution >= 4 is 11.8 Å². The van der Waals surface area contributed by atoms with Crippen LogP contribution in [0.3, 0.4) is 0 Å². The van der Waals surface area contributed by atoms with Crippen LogP contribution in [0.4, 0.5) is 10.1 Å². The molecule has 0 atom stereocenters. The monoisotopic (exact) mass is 214 g/mol. The molecule has 0 aliphatic heterocycles. The first kappa shape index (κ1) is 10.2. The SMILES string of the molecule is O=C=Nc1cnccc1-c1ccc(F)cc1. The van der Waals surface area contributed by atoms with Crippen molar-refractivity contribution in [3.8, 4) is 11.1 Å². The molecule has 0 aliphatic carbocycles. The molecule has 0 spiro atoms. The van der Waals surface area contributed by atoms with E-state index < -0.39 is 0 Å². The van der Waals surface area contributed by atoms with Gasteiger partial charge in [-0.25, -0.2) is 9.18 Å². The molecule has 0 N–H and O–H groups in total. The number of pyridine rings is 1. The summed E-state index contributed by atoms with van der Waals surface area (Å²) in [6.45, 7) is 0. The second-order valence-electron chi connectivity index (χ2n) is 3.10. The number of hydrogen-bond donors (Lipinski definition) is 0. The summed E-state index contributed by atoms with van der Waals surface area (Å²) in [5, 5.41) is 0. The van der Waals surface area contributed by atoms with E-state index in [9.17, 15) is 9.18 Å². The van der Waals surface area contributed by atoms with Crippen molar-refractivity contribution in [2.75, 3.05) is 0 Å². The largest absolute Gasteiger partial charge is 0.262 e. The second kappa shape index (κ2) is 4.47. The summed E-state index contributed by atoms with van der Waals surface area (Å²) in [5.41, 5.74) is 1.92. The summed E-state index contributed by atoms with van der Waals surface area (Å²) in [6.07, 6.45) is 4.51. The van der Waals surface area contributed by atoms with E-state index >= 15 is 0 Å². The van der Waals surface area contributed by atoms with Crippen molar-refractivity contribution in [3.63, 3.8) is 0 Å². The Bertz CT molecular complexity index is 545. The normalized spacial score (nSPS) is 9.56. The van der Waals surface area contributed by atoms with Gasteiger partial charge in [0, 0.05) is 11.8 Å². The molecule has 0 fully saturated rings. The Hall–Kier alpha value is -2.32. The van der Waals surface area contributed by atoms with Gasteiger partial charge in [0.2, 0.25) is 6.08 Å². The van der Waals surface area contributed by atoms with Gasteiger partial charge in [-0.2, -0.15) is 4.99 Å². The molecule has 1 aromatic heterocycles. The number of carbonyl (C=O) groups excluding carboxylic acids is 1. The van der Waals surface area contributed by atoms with Gasteiger partial charge in [-0.15, -0.1) is 0 Å². The minimum atomic E-state index is -0.307. The summed E-state index contributed by atoms with van der Waals surface area (Å²) in [5.74, 6) is -0.307. The molecule has 0 saturated carbocycles. The molecule has 78 valence electrons. The Balaban J connectivity index is 2.55. The number of isocyanates is 1. The van der Waals surface area contributed by atoms with Gasteiger partial charge in [0.25, 0.3) is 0 Å². The lowest BCUT2D eigenvalue weighted by molar-refractivity contribution is 0.565. The molecular formula is C12H7FN2O. The van der Waals surface area contributed by atoms with E-state index in [1.807, 2.05) is 0 Å². The van der Waals surface area contributed by atoms with Crippen LogP contribution in [0.15, 0.2) is 47.7 Å². The van der Waals surface area contributed by atoms with Gasteiger partial charge in [-0.3, -0.25) is 4.98 Å². The summed E-state index contributed by atoms with van der Waals surface area (Å²) in [7, 11) is 0. The highest BCUT2D eigenvalue weighted by molar-refractivity contribution is 5.76. The number of aliphatic imine (C=N–C) groups is 1. The van der Waals surface area contributed by atoms with Gasteiger partial charge >= 0.3 is 0 Å². The van der Waals surface area contributed by atoms with E-state index in [1.54, 1.807) is 24.4 Å². The molecule has 3 nitrogen and oxygen atoms in total. The highest BCUT2D eigenvalue weighted by Crippen LogP contribution is 2.28. The predicted octanol–water partition coefficient (Wildman–Crippen LogP) is 2.86. The lowest BCUT2D eigenvalue weighted by atomic mass is 10.1. The topological polar surface area (TPSA) is 42.3 Å². The summed E-state index contributed by atoms with van der Waals surface area (Å²) in [6, 6.07) is 7.65. The molecule has 4 heteroatoms. The van der Waals surface area contributed by atoms with Gasteiger partial charge in [-0.1, -0.05) is 12.1 Å². The first-order chi connectivity index (χ1) is 7.81. The standard InChI is InChI=1S/C12H7FN2O/c13-10-3-1-9(2-4-10)11-5-6-14-7-12(11)15-8-16/h1-7H. The average Bonchev–Trinajstić information content (AvgIpc) is 2.32. The first-order valence-electron chi connectivity index (χ1n) is 4.59. The number of benzene rings is 1. The van der Waals surface area contributed by atoms with E-state index in [0.29, 0.717) is 5.69 Å². The molecule has 0 bridgehead atoms. The van der Waals surface area contributed by atoms with Crippen molar-refractivity contribution in [1.82, 2.24) is 4.98 Å². The Morgan fingerprint density at radius 2 is 1.94 bits per heavy atom. The quantitative estimate of drug-likeness (QED) is 0.569. The Kier molecular flexibility index (Phi) is 2.85. The van der Waals surface area contributed by atoms with Crippen LogP contribution in [0.1, 0.15) is 0 Å². The summed E-state index contributed by atoms with van der Waals surface area (Å²) >= 11 is 0. The van der Waals surface area contributed by atoms with Crippen molar-refractivity contribution < 1.29 is 9.18 Å². The summed E-state index contributed by atoms with van der Waals surface area (Å²) in [4.78, 5) is 17.6. The van der Waals surface area contributed by atoms with E-state index in [2.05, 4.69) is 9.98 Å². The van der Waals surface area contributed by atoms with Crippen LogP contribution in [0, 0.1) is 5.82 Å². The molecular weight excluding hydrogens is 207 g/mol. The lowest BCUT2D eigenvalue weighted by Crippen LogP contribution is -1.81. The van der Waals surface area contributed by atoms with E-state index in [0.717, 1.165) is 11.1 Å². The Labute approximate surface area is 91.3 Å². The van der Waals surface area contributed by atoms with Gasteiger partial charge in [-0.05, 0) is 23.8 Å². The predicted molar refractivity (Wildman–Crippen MR) is 57.4 cm³/mol. The van der Waals surface area contributed by atoms with E-state index in [1.165, 1.54) is 24.4 Å². The van der Waals surface area contributed by atoms with E-state index in [4.69, 9.17) is 0 Å². The molecule has 16 heavy (non-hydrogen) atoms. The molecule has 1 aromatic carbocycles. The molecule has 0 amide bonds. The van der Waals surface area contributed by atoms with Crippen LogP contribution >= 0.6 is 0 Å². The maximum Gasteiger partial charge on any atom is 0.240 e. The molecule has 0 saturated heterocycles. The number of nitrogens with zero attached hydrogens (tertiary/aromatic N) is 2. The highest BCUT2D eigenvalue weighted by Gasteiger charge is 2.03. The third-order valence-corrected chi connectivity index (χ3v) is 2.12. The third kappa shape index (κ3) is 2.02. The fourth-order valence-electron chi connectivity index (χ4n) is 1.40. The van der Waals surface area contributed by atoms with Crippen LogP contribution in [0.2, 0.25) is 0 Å². The number of rotatable bonds is 2. The van der Waals surface area contributed by atoms with Crippen molar-refractivity contribution in [2.45, 2.75) is 0 Å². The van der Waals surface area contributed by atoms with Gasteiger partial charge < -0.3 is 0 Å². The smallest absolute Gasteiger partial charge is 0.240 e. The highest BCUT2D eigenvalue weighted by atomic mass is 19.1. The average molecular weight is 214 g/mol. The van der Waals surface area contributed by atoms with Crippen LogP contribution in [0.25, 0.3) is 11.1 Å². The molecule has 2 rings (SSSR count). The minimum Gasteiger partial charge on any atom is -0.262 e. The van der Waals surface area contributed by atoms with Crippen LogP contribution in [0.5, 0.6) is 0 Å². The maximum absolute atomic E-state index is 12.8. The fraction of sp³-hybridized carbons (Fsp3) is 0. The van der Waals surface area contributed by atoms with E-state index in [-0.39, 0.29) is 5.82 Å². The van der Waals surface area contributed by atoms with Crippen LogP contribution < -0.4 is 0 Å². The lowest BCUT2D eigenvalue weighted by Gasteiger charge is -2.03. The summed E-state index contributed by atoms with van der Waals surface area (Å²) < 4.78 is 12.8.